The second-order valence-electron chi connectivity index (χ2n) is 7.16. The van der Waals surface area contributed by atoms with Gasteiger partial charge >= 0.3 is 5.97 Å². The lowest BCUT2D eigenvalue weighted by molar-refractivity contribution is -0.120. The van der Waals surface area contributed by atoms with Crippen LogP contribution < -0.4 is 15.5 Å². The number of benzene rings is 3. The van der Waals surface area contributed by atoms with Crippen molar-refractivity contribution in [2.24, 2.45) is 5.10 Å². The molecule has 0 atom stereocenters. The summed E-state index contributed by atoms with van der Waals surface area (Å²) in [4.78, 5) is 37.0. The Morgan fingerprint density at radius 3 is 2.54 bits per heavy atom. The molecule has 4 aromatic rings. The first-order chi connectivity index (χ1) is 16.9. The first-order valence-corrected chi connectivity index (χ1v) is 11.8. The maximum Gasteiger partial charge on any atom is 0.355 e. The number of halogens is 2. The molecule has 35 heavy (non-hydrogen) atoms. The Morgan fingerprint density at radius 2 is 1.74 bits per heavy atom. The molecule has 0 saturated heterocycles. The highest BCUT2D eigenvalue weighted by atomic mass is 35.5. The predicted octanol–water partition coefficient (Wildman–Crippen LogP) is 5.31. The predicted molar refractivity (Wildman–Crippen MR) is 138 cm³/mol. The zero-order chi connectivity index (χ0) is 24.8. The summed E-state index contributed by atoms with van der Waals surface area (Å²) in [5.74, 6) is -1.26. The third-order valence-electron chi connectivity index (χ3n) is 4.72. The minimum Gasteiger partial charge on any atom is -0.422 e. The normalized spacial score (nSPS) is 10.9. The van der Waals surface area contributed by atoms with Crippen molar-refractivity contribution in [2.45, 2.75) is 0 Å². The van der Waals surface area contributed by atoms with Crippen molar-refractivity contribution in [3.63, 3.8) is 0 Å². The van der Waals surface area contributed by atoms with E-state index >= 15 is 0 Å². The summed E-state index contributed by atoms with van der Waals surface area (Å²) in [6.45, 7) is -0.283. The van der Waals surface area contributed by atoms with Crippen LogP contribution in [0.15, 0.2) is 77.9 Å². The lowest BCUT2D eigenvalue weighted by atomic mass is 10.2. The third-order valence-corrected chi connectivity index (χ3v) is 6.70. The number of thiophene rings is 1. The monoisotopic (exact) mass is 525 g/mol. The number of nitrogens with zero attached hydrogens (tertiary/aromatic N) is 1. The second-order valence-corrected chi connectivity index (χ2v) is 9.00. The molecule has 1 heterocycles. The summed E-state index contributed by atoms with van der Waals surface area (Å²) in [5.41, 5.74) is 3.17. The van der Waals surface area contributed by atoms with Crippen LogP contribution in [-0.4, -0.2) is 30.5 Å². The maximum atomic E-state index is 12.6. The van der Waals surface area contributed by atoms with Crippen LogP contribution in [0.1, 0.15) is 25.6 Å². The average Bonchev–Trinajstić information content (AvgIpc) is 3.20. The van der Waals surface area contributed by atoms with Crippen LogP contribution >= 0.6 is 34.5 Å². The van der Waals surface area contributed by atoms with E-state index in [2.05, 4.69) is 15.8 Å². The number of ether oxygens (including phenoxy) is 1. The number of nitrogens with one attached hydrogen (secondary N) is 2. The van der Waals surface area contributed by atoms with Crippen molar-refractivity contribution >= 4 is 68.6 Å². The highest BCUT2D eigenvalue weighted by molar-refractivity contribution is 7.21. The molecule has 0 radical (unpaired) electrons. The largest absolute Gasteiger partial charge is 0.422 e. The highest BCUT2D eigenvalue weighted by Gasteiger charge is 2.19. The summed E-state index contributed by atoms with van der Waals surface area (Å²) in [6.07, 6.45) is 1.39. The molecule has 10 heteroatoms. The molecule has 3 aromatic carbocycles. The van der Waals surface area contributed by atoms with Gasteiger partial charge in [0, 0.05) is 10.1 Å². The molecular formula is C25H17Cl2N3O4S. The quantitative estimate of drug-likeness (QED) is 0.148. The molecule has 0 bridgehead atoms. The van der Waals surface area contributed by atoms with Gasteiger partial charge in [0.2, 0.25) is 0 Å². The van der Waals surface area contributed by atoms with Crippen LogP contribution in [0.2, 0.25) is 10.0 Å². The van der Waals surface area contributed by atoms with Crippen molar-refractivity contribution in [3.8, 4) is 5.75 Å². The van der Waals surface area contributed by atoms with E-state index < -0.39 is 17.8 Å². The number of amides is 2. The number of hydrogen-bond donors (Lipinski definition) is 2. The van der Waals surface area contributed by atoms with E-state index in [4.69, 9.17) is 27.9 Å². The summed E-state index contributed by atoms with van der Waals surface area (Å²) in [6, 6.07) is 20.6. The minimum atomic E-state index is -0.562. The Hall–Kier alpha value is -3.72. The molecular weight excluding hydrogens is 509 g/mol. The maximum absolute atomic E-state index is 12.6. The molecule has 7 nitrogen and oxygen atoms in total. The second kappa shape index (κ2) is 11.1. The Labute approximate surface area is 214 Å². The van der Waals surface area contributed by atoms with Gasteiger partial charge < -0.3 is 10.1 Å². The SMILES string of the molecule is O=C(CNC(=O)c1ccccc1Cl)N/N=C\c1cccc(OC(=O)c2sc3ccccc3c2Cl)c1. The fourth-order valence-corrected chi connectivity index (χ4v) is 4.68. The van der Waals surface area contributed by atoms with Gasteiger partial charge in [-0.15, -0.1) is 11.3 Å². The van der Waals surface area contributed by atoms with E-state index in [0.717, 1.165) is 10.1 Å². The van der Waals surface area contributed by atoms with E-state index in [9.17, 15) is 14.4 Å². The van der Waals surface area contributed by atoms with E-state index in [1.165, 1.54) is 17.6 Å². The van der Waals surface area contributed by atoms with Crippen molar-refractivity contribution in [3.05, 3.63) is 98.8 Å². The number of carbonyl (C=O) groups excluding carboxylic acids is 3. The number of carbonyl (C=O) groups is 3. The van der Waals surface area contributed by atoms with Gasteiger partial charge in [0.1, 0.15) is 10.6 Å². The third kappa shape index (κ3) is 6.05. The van der Waals surface area contributed by atoms with E-state index in [1.54, 1.807) is 48.5 Å². The molecule has 2 amide bonds. The number of hydrazone groups is 1. The number of rotatable bonds is 7. The molecule has 1 aromatic heterocycles. The molecule has 2 N–H and O–H groups in total. The van der Waals surface area contributed by atoms with Crippen LogP contribution in [0, 0.1) is 0 Å². The molecule has 176 valence electrons. The lowest BCUT2D eigenvalue weighted by Gasteiger charge is -2.06. The van der Waals surface area contributed by atoms with Crippen LogP contribution in [-0.2, 0) is 4.79 Å². The molecule has 0 saturated carbocycles. The van der Waals surface area contributed by atoms with Crippen molar-refractivity contribution in [1.82, 2.24) is 10.7 Å². The molecule has 4 rings (SSSR count). The van der Waals surface area contributed by atoms with Gasteiger partial charge in [-0.25, -0.2) is 10.2 Å². The van der Waals surface area contributed by atoms with Gasteiger partial charge in [-0.2, -0.15) is 5.10 Å². The van der Waals surface area contributed by atoms with Gasteiger partial charge in [0.15, 0.2) is 0 Å². The number of esters is 1. The molecule has 0 aliphatic rings. The van der Waals surface area contributed by atoms with E-state index in [-0.39, 0.29) is 12.1 Å². The molecule has 0 fully saturated rings. The van der Waals surface area contributed by atoms with Crippen molar-refractivity contribution in [2.75, 3.05) is 6.54 Å². The Balaban J connectivity index is 1.32. The average molecular weight is 526 g/mol. The summed E-state index contributed by atoms with van der Waals surface area (Å²) in [7, 11) is 0. The molecule has 0 spiro atoms. The van der Waals surface area contributed by atoms with E-state index in [1.807, 2.05) is 24.3 Å². The minimum absolute atomic E-state index is 0.272. The summed E-state index contributed by atoms with van der Waals surface area (Å²) < 4.78 is 6.37. The van der Waals surface area contributed by atoms with Crippen molar-refractivity contribution < 1.29 is 19.1 Å². The smallest absolute Gasteiger partial charge is 0.355 e. The van der Waals surface area contributed by atoms with Gasteiger partial charge in [-0.3, -0.25) is 9.59 Å². The van der Waals surface area contributed by atoms with Gasteiger partial charge in [-0.1, -0.05) is 65.7 Å². The Bertz CT molecular complexity index is 1450. The van der Waals surface area contributed by atoms with Crippen LogP contribution in [0.4, 0.5) is 0 Å². The van der Waals surface area contributed by atoms with Crippen LogP contribution in [0.25, 0.3) is 10.1 Å². The van der Waals surface area contributed by atoms with Gasteiger partial charge in [0.05, 0.1) is 28.4 Å². The fourth-order valence-electron chi connectivity index (χ4n) is 3.08. The Kier molecular flexibility index (Phi) is 7.77. The number of hydrogen-bond acceptors (Lipinski definition) is 6. The van der Waals surface area contributed by atoms with Crippen LogP contribution in [0.5, 0.6) is 5.75 Å². The topological polar surface area (TPSA) is 96.9 Å². The number of fused-ring (bicyclic) bond motifs is 1. The Morgan fingerprint density at radius 1 is 0.971 bits per heavy atom. The molecule has 0 aliphatic carbocycles. The fraction of sp³-hybridized carbons (Fsp3) is 0.0400. The van der Waals surface area contributed by atoms with Crippen LogP contribution in [0.3, 0.4) is 0 Å². The van der Waals surface area contributed by atoms with Gasteiger partial charge in [0.25, 0.3) is 11.8 Å². The standard InChI is InChI=1S/C25H17Cl2N3O4S/c26-19-10-3-1-8-17(19)24(32)28-14-21(31)30-29-13-15-6-5-7-16(12-15)34-25(33)23-22(27)18-9-2-4-11-20(18)35-23/h1-13H,14H2,(H,28,32)(H,30,31)/b29-13-. The van der Waals surface area contributed by atoms with E-state index in [0.29, 0.717) is 26.2 Å². The zero-order valence-corrected chi connectivity index (χ0v) is 20.3. The first kappa shape index (κ1) is 24.4. The molecule has 0 unspecified atom stereocenters. The summed E-state index contributed by atoms with van der Waals surface area (Å²) in [5, 5.41) is 7.79. The highest BCUT2D eigenvalue weighted by Crippen LogP contribution is 2.35. The first-order valence-electron chi connectivity index (χ1n) is 10.3. The molecule has 0 aliphatic heterocycles. The lowest BCUT2D eigenvalue weighted by Crippen LogP contribution is -2.35. The van der Waals surface area contributed by atoms with Crippen molar-refractivity contribution in [1.29, 1.82) is 0 Å². The van der Waals surface area contributed by atoms with Gasteiger partial charge in [-0.05, 0) is 35.9 Å². The summed E-state index contributed by atoms with van der Waals surface area (Å²) >= 11 is 13.6. The zero-order valence-electron chi connectivity index (χ0n) is 18.0.